The van der Waals surface area contributed by atoms with E-state index in [1.165, 1.54) is 6.07 Å². The van der Waals surface area contributed by atoms with Crippen LogP contribution in [0.15, 0.2) is 59.4 Å². The fourth-order valence-electron chi connectivity index (χ4n) is 2.25. The third kappa shape index (κ3) is 1.99. The van der Waals surface area contributed by atoms with Crippen LogP contribution in [-0.2, 0) is 0 Å². The molecule has 0 aliphatic carbocycles. The van der Waals surface area contributed by atoms with Gasteiger partial charge in [0.25, 0.3) is 5.56 Å². The first kappa shape index (κ1) is 11.5. The summed E-state index contributed by atoms with van der Waals surface area (Å²) in [5.74, 6) is 0. The van der Waals surface area contributed by atoms with Gasteiger partial charge in [-0.3, -0.25) is 4.79 Å². The van der Waals surface area contributed by atoms with Crippen LogP contribution in [0, 0.1) is 6.92 Å². The minimum Gasteiger partial charge on any atom is -0.425 e. The molecule has 1 heterocycles. The van der Waals surface area contributed by atoms with Crippen molar-refractivity contribution in [3.8, 4) is 11.3 Å². The highest BCUT2D eigenvalue weighted by atomic mass is 16.5. The predicted molar refractivity (Wildman–Crippen MR) is 75.6 cm³/mol. The van der Waals surface area contributed by atoms with Gasteiger partial charge in [-0.2, -0.15) is 0 Å². The Balaban J connectivity index is 2.27. The maximum absolute atomic E-state index is 11.6. The Labute approximate surface area is 110 Å². The molecular formula is C16H13NO2. The minimum absolute atomic E-state index is 0.414. The van der Waals surface area contributed by atoms with Gasteiger partial charge < -0.3 is 5.21 Å². The quantitative estimate of drug-likeness (QED) is 0.675. The molecule has 0 aliphatic rings. The van der Waals surface area contributed by atoms with Crippen LogP contribution >= 0.6 is 0 Å². The van der Waals surface area contributed by atoms with E-state index in [2.05, 4.69) is 0 Å². The molecule has 0 amide bonds. The Morgan fingerprint density at radius 2 is 1.68 bits per heavy atom. The highest BCUT2D eigenvalue weighted by Gasteiger charge is 2.07. The van der Waals surface area contributed by atoms with Crippen molar-refractivity contribution in [2.75, 3.05) is 0 Å². The van der Waals surface area contributed by atoms with Crippen LogP contribution in [0.4, 0.5) is 0 Å². The van der Waals surface area contributed by atoms with Crippen molar-refractivity contribution in [3.05, 3.63) is 70.5 Å². The smallest absolute Gasteiger partial charge is 0.283 e. The molecule has 1 aromatic heterocycles. The van der Waals surface area contributed by atoms with Gasteiger partial charge in [-0.1, -0.05) is 36.4 Å². The Hall–Kier alpha value is -2.55. The number of nitrogens with zero attached hydrogens (tertiary/aromatic N) is 1. The van der Waals surface area contributed by atoms with E-state index < -0.39 is 5.56 Å². The lowest BCUT2D eigenvalue weighted by Crippen LogP contribution is -2.18. The number of hydrogen-bond donors (Lipinski definition) is 1. The van der Waals surface area contributed by atoms with Gasteiger partial charge in [-0.25, -0.2) is 0 Å². The van der Waals surface area contributed by atoms with E-state index in [4.69, 9.17) is 0 Å². The van der Waals surface area contributed by atoms with E-state index in [0.29, 0.717) is 10.4 Å². The molecule has 3 nitrogen and oxygen atoms in total. The summed E-state index contributed by atoms with van der Waals surface area (Å²) in [6.45, 7) is 1.84. The Morgan fingerprint density at radius 3 is 2.47 bits per heavy atom. The summed E-state index contributed by atoms with van der Waals surface area (Å²) in [6, 6.07) is 17.0. The van der Waals surface area contributed by atoms with Gasteiger partial charge in [-0.15, -0.1) is 4.73 Å². The predicted octanol–water partition coefficient (Wildman–Crippen LogP) is 3.21. The van der Waals surface area contributed by atoms with Gasteiger partial charge >= 0.3 is 0 Å². The molecular weight excluding hydrogens is 238 g/mol. The second-order valence-corrected chi connectivity index (χ2v) is 4.63. The summed E-state index contributed by atoms with van der Waals surface area (Å²) < 4.78 is 0.692. The van der Waals surface area contributed by atoms with E-state index in [1.54, 1.807) is 6.07 Å². The molecule has 0 fully saturated rings. The number of hydrogen-bond acceptors (Lipinski definition) is 2. The maximum atomic E-state index is 11.6. The number of aromatic nitrogens is 1. The van der Waals surface area contributed by atoms with E-state index in [1.807, 2.05) is 49.4 Å². The largest absolute Gasteiger partial charge is 0.425 e. The van der Waals surface area contributed by atoms with Crippen LogP contribution in [0.3, 0.4) is 0 Å². The molecule has 1 N–H and O–H groups in total. The first-order chi connectivity index (χ1) is 9.15. The van der Waals surface area contributed by atoms with Crippen molar-refractivity contribution in [1.82, 2.24) is 4.73 Å². The number of pyridine rings is 1. The van der Waals surface area contributed by atoms with Crippen molar-refractivity contribution in [2.45, 2.75) is 6.92 Å². The minimum atomic E-state index is -0.414. The van der Waals surface area contributed by atoms with Gasteiger partial charge in [0.1, 0.15) is 0 Å². The monoisotopic (exact) mass is 251 g/mol. The Morgan fingerprint density at radius 1 is 0.947 bits per heavy atom. The second kappa shape index (κ2) is 4.28. The summed E-state index contributed by atoms with van der Waals surface area (Å²) >= 11 is 0. The molecule has 2 aromatic carbocycles. The topological polar surface area (TPSA) is 42.2 Å². The van der Waals surface area contributed by atoms with Gasteiger partial charge in [0.05, 0.1) is 5.69 Å². The summed E-state index contributed by atoms with van der Waals surface area (Å²) in [7, 11) is 0. The zero-order valence-electron chi connectivity index (χ0n) is 10.5. The van der Waals surface area contributed by atoms with Crippen molar-refractivity contribution >= 4 is 10.8 Å². The van der Waals surface area contributed by atoms with Crippen molar-refractivity contribution in [1.29, 1.82) is 0 Å². The average Bonchev–Trinajstić information content (AvgIpc) is 2.42. The number of benzene rings is 2. The van der Waals surface area contributed by atoms with Crippen LogP contribution in [-0.4, -0.2) is 9.94 Å². The zero-order valence-corrected chi connectivity index (χ0v) is 10.5. The van der Waals surface area contributed by atoms with Gasteiger partial charge in [0.15, 0.2) is 0 Å². The van der Waals surface area contributed by atoms with E-state index in [-0.39, 0.29) is 0 Å². The van der Waals surface area contributed by atoms with Crippen LogP contribution in [0.5, 0.6) is 0 Å². The molecule has 0 atom stereocenters. The molecule has 0 saturated carbocycles. The lowest BCUT2D eigenvalue weighted by molar-refractivity contribution is 0.179. The van der Waals surface area contributed by atoms with Crippen LogP contribution in [0.2, 0.25) is 0 Å². The molecule has 3 rings (SSSR count). The van der Waals surface area contributed by atoms with Crippen LogP contribution < -0.4 is 5.56 Å². The molecule has 0 unspecified atom stereocenters. The van der Waals surface area contributed by atoms with Gasteiger partial charge in [-0.05, 0) is 35.4 Å². The maximum Gasteiger partial charge on any atom is 0.283 e. The number of rotatable bonds is 1. The third-order valence-electron chi connectivity index (χ3n) is 3.20. The van der Waals surface area contributed by atoms with E-state index in [9.17, 15) is 10.0 Å². The highest BCUT2D eigenvalue weighted by molar-refractivity contribution is 5.86. The van der Waals surface area contributed by atoms with Crippen molar-refractivity contribution in [2.24, 2.45) is 0 Å². The first-order valence-electron chi connectivity index (χ1n) is 6.07. The standard InChI is InChI=1S/C16H13NO2/c1-11-8-15(17(19)16(18)9-11)14-7-6-12-4-2-3-5-13(12)10-14/h2-10,19H,1H3. The number of fused-ring (bicyclic) bond motifs is 1. The summed E-state index contributed by atoms with van der Waals surface area (Å²) in [5.41, 5.74) is 1.75. The van der Waals surface area contributed by atoms with Crippen molar-refractivity contribution < 1.29 is 5.21 Å². The third-order valence-corrected chi connectivity index (χ3v) is 3.20. The zero-order chi connectivity index (χ0) is 13.4. The second-order valence-electron chi connectivity index (χ2n) is 4.63. The first-order valence-corrected chi connectivity index (χ1v) is 6.07. The Bertz CT molecular complexity index is 818. The molecule has 94 valence electrons. The summed E-state index contributed by atoms with van der Waals surface area (Å²) in [4.78, 5) is 11.6. The van der Waals surface area contributed by atoms with Crippen LogP contribution in [0.1, 0.15) is 5.56 Å². The SMILES string of the molecule is Cc1cc(-c2ccc3ccccc3c2)n(O)c(=O)c1. The molecule has 0 bridgehead atoms. The molecule has 0 aliphatic heterocycles. The molecule has 19 heavy (non-hydrogen) atoms. The summed E-state index contributed by atoms with van der Waals surface area (Å²) in [5, 5.41) is 12.1. The fraction of sp³-hybridized carbons (Fsp3) is 0.0625. The molecule has 3 heteroatoms. The van der Waals surface area contributed by atoms with Crippen LogP contribution in [0.25, 0.3) is 22.0 Å². The Kier molecular flexibility index (Phi) is 2.60. The van der Waals surface area contributed by atoms with Gasteiger partial charge in [0, 0.05) is 11.6 Å². The van der Waals surface area contributed by atoms with Crippen molar-refractivity contribution in [3.63, 3.8) is 0 Å². The fourth-order valence-corrected chi connectivity index (χ4v) is 2.25. The van der Waals surface area contributed by atoms with Gasteiger partial charge in [0.2, 0.25) is 0 Å². The van der Waals surface area contributed by atoms with E-state index >= 15 is 0 Å². The molecule has 0 saturated heterocycles. The highest BCUT2D eigenvalue weighted by Crippen LogP contribution is 2.23. The lowest BCUT2D eigenvalue weighted by atomic mass is 10.0. The van der Waals surface area contributed by atoms with E-state index in [0.717, 1.165) is 21.9 Å². The normalized spacial score (nSPS) is 10.8. The molecule has 3 aromatic rings. The average molecular weight is 251 g/mol. The number of aryl methyl sites for hydroxylation is 1. The summed E-state index contributed by atoms with van der Waals surface area (Å²) in [6.07, 6.45) is 0. The molecule has 0 radical (unpaired) electrons. The lowest BCUT2D eigenvalue weighted by Gasteiger charge is -2.08. The molecule has 0 spiro atoms.